The van der Waals surface area contributed by atoms with Crippen LogP contribution in [0.25, 0.3) is 0 Å². The van der Waals surface area contributed by atoms with Crippen LogP contribution in [0.1, 0.15) is 44.4 Å². The van der Waals surface area contributed by atoms with Crippen molar-refractivity contribution in [3.63, 3.8) is 0 Å². The summed E-state index contributed by atoms with van der Waals surface area (Å²) >= 11 is 0. The van der Waals surface area contributed by atoms with E-state index in [-0.39, 0.29) is 18.2 Å². The molecule has 3 heteroatoms. The molecule has 0 amide bonds. The van der Waals surface area contributed by atoms with Gasteiger partial charge >= 0.3 is 0 Å². The molecule has 4 atom stereocenters. The molecule has 1 saturated heterocycles. The van der Waals surface area contributed by atoms with Crippen molar-refractivity contribution >= 4 is 0 Å². The quantitative estimate of drug-likeness (QED) is 0.919. The van der Waals surface area contributed by atoms with Crippen LogP contribution in [0.2, 0.25) is 0 Å². The summed E-state index contributed by atoms with van der Waals surface area (Å²) in [5.41, 5.74) is 9.06. The van der Waals surface area contributed by atoms with Gasteiger partial charge in [-0.3, -0.25) is 4.90 Å². The maximum atomic E-state index is 6.44. The van der Waals surface area contributed by atoms with Crippen molar-refractivity contribution < 1.29 is 4.74 Å². The lowest BCUT2D eigenvalue weighted by atomic mass is 9.93. The third kappa shape index (κ3) is 3.40. The second-order valence-corrected chi connectivity index (χ2v) is 6.12. The molecule has 20 heavy (non-hydrogen) atoms. The van der Waals surface area contributed by atoms with Crippen LogP contribution in [0.4, 0.5) is 0 Å². The third-order valence-electron chi connectivity index (χ3n) is 4.31. The molecule has 1 aliphatic heterocycles. The van der Waals surface area contributed by atoms with E-state index in [2.05, 4.69) is 56.9 Å². The maximum Gasteiger partial charge on any atom is 0.0675 e. The number of ether oxygens (including phenoxy) is 1. The number of nitrogens with two attached hydrogens (primary N) is 1. The second-order valence-electron chi connectivity index (χ2n) is 6.12. The first-order valence-corrected chi connectivity index (χ1v) is 7.72. The predicted octanol–water partition coefficient (Wildman–Crippen LogP) is 2.88. The van der Waals surface area contributed by atoms with Crippen molar-refractivity contribution in [1.82, 2.24) is 4.90 Å². The lowest BCUT2D eigenvalue weighted by molar-refractivity contribution is -0.0707. The Morgan fingerprint density at radius 2 is 1.95 bits per heavy atom. The molecule has 2 rings (SSSR count). The Morgan fingerprint density at radius 3 is 2.55 bits per heavy atom. The van der Waals surface area contributed by atoms with Crippen molar-refractivity contribution in [3.8, 4) is 0 Å². The molecule has 0 saturated carbocycles. The Balaban J connectivity index is 2.29. The predicted molar refractivity (Wildman–Crippen MR) is 83.8 cm³/mol. The maximum absolute atomic E-state index is 6.44. The molecule has 0 radical (unpaired) electrons. The molecule has 1 aliphatic rings. The molecule has 0 bridgehead atoms. The van der Waals surface area contributed by atoms with E-state index in [1.807, 2.05) is 0 Å². The minimum absolute atomic E-state index is 0.158. The number of benzene rings is 1. The van der Waals surface area contributed by atoms with Gasteiger partial charge < -0.3 is 10.5 Å². The Labute approximate surface area is 123 Å². The van der Waals surface area contributed by atoms with Gasteiger partial charge in [0.15, 0.2) is 0 Å². The summed E-state index contributed by atoms with van der Waals surface area (Å²) in [6, 6.07) is 9.66. The highest BCUT2D eigenvalue weighted by molar-refractivity contribution is 5.25. The Kier molecular flexibility index (Phi) is 5.19. The first-order valence-electron chi connectivity index (χ1n) is 7.72. The van der Waals surface area contributed by atoms with Gasteiger partial charge in [-0.25, -0.2) is 0 Å². The Hall–Kier alpha value is -0.900. The van der Waals surface area contributed by atoms with Gasteiger partial charge in [-0.1, -0.05) is 36.8 Å². The highest BCUT2D eigenvalue weighted by Gasteiger charge is 2.33. The van der Waals surface area contributed by atoms with Gasteiger partial charge in [-0.2, -0.15) is 0 Å². The van der Waals surface area contributed by atoms with Crippen molar-refractivity contribution in [2.75, 3.05) is 13.2 Å². The van der Waals surface area contributed by atoms with Gasteiger partial charge in [0, 0.05) is 18.6 Å². The number of hydrogen-bond acceptors (Lipinski definition) is 3. The number of rotatable bonds is 4. The summed E-state index contributed by atoms with van der Waals surface area (Å²) in [6.45, 7) is 10.4. The average molecular weight is 276 g/mol. The molecule has 1 heterocycles. The molecule has 112 valence electrons. The minimum atomic E-state index is 0.158. The Bertz CT molecular complexity index is 418. The average Bonchev–Trinajstić information content (AvgIpc) is 2.44. The number of morpholine rings is 1. The van der Waals surface area contributed by atoms with Gasteiger partial charge in [-0.15, -0.1) is 0 Å². The van der Waals surface area contributed by atoms with Crippen LogP contribution >= 0.6 is 0 Å². The van der Waals surface area contributed by atoms with E-state index in [1.165, 1.54) is 11.1 Å². The fourth-order valence-electron chi connectivity index (χ4n) is 2.99. The standard InChI is InChI=1S/C17H28N2O/c1-5-16(18)17(15-8-6-12(2)7-9-15)19-10-14(4)20-11-13(19)3/h6-9,13-14,16-17H,5,10-11,18H2,1-4H3. The number of nitrogens with zero attached hydrogens (tertiary/aromatic N) is 1. The topological polar surface area (TPSA) is 38.5 Å². The van der Waals surface area contributed by atoms with E-state index in [9.17, 15) is 0 Å². The molecule has 3 nitrogen and oxygen atoms in total. The smallest absolute Gasteiger partial charge is 0.0675 e. The van der Waals surface area contributed by atoms with Gasteiger partial charge in [-0.05, 0) is 32.8 Å². The van der Waals surface area contributed by atoms with Crippen LogP contribution in [0, 0.1) is 6.92 Å². The minimum Gasteiger partial charge on any atom is -0.376 e. The van der Waals surface area contributed by atoms with E-state index >= 15 is 0 Å². The zero-order valence-electron chi connectivity index (χ0n) is 13.2. The van der Waals surface area contributed by atoms with E-state index in [0.29, 0.717) is 6.04 Å². The van der Waals surface area contributed by atoms with Crippen LogP contribution in [0.3, 0.4) is 0 Å². The summed E-state index contributed by atoms with van der Waals surface area (Å²) in [6.07, 6.45) is 1.26. The van der Waals surface area contributed by atoms with E-state index in [0.717, 1.165) is 19.6 Å². The molecule has 2 N–H and O–H groups in total. The monoisotopic (exact) mass is 276 g/mol. The fourth-order valence-corrected chi connectivity index (χ4v) is 2.99. The van der Waals surface area contributed by atoms with Crippen LogP contribution in [-0.4, -0.2) is 36.2 Å². The van der Waals surface area contributed by atoms with Crippen molar-refractivity contribution in [1.29, 1.82) is 0 Å². The molecular weight excluding hydrogens is 248 g/mol. The molecule has 0 spiro atoms. The zero-order valence-corrected chi connectivity index (χ0v) is 13.2. The molecule has 4 unspecified atom stereocenters. The van der Waals surface area contributed by atoms with Gasteiger partial charge in [0.25, 0.3) is 0 Å². The highest BCUT2D eigenvalue weighted by Crippen LogP contribution is 2.29. The summed E-state index contributed by atoms with van der Waals surface area (Å²) < 4.78 is 5.76. The Morgan fingerprint density at radius 1 is 1.30 bits per heavy atom. The molecule has 0 aromatic heterocycles. The molecule has 0 aliphatic carbocycles. The van der Waals surface area contributed by atoms with Crippen LogP contribution in [-0.2, 0) is 4.74 Å². The lowest BCUT2D eigenvalue weighted by Crippen LogP contribution is -2.53. The second kappa shape index (κ2) is 6.70. The molecular formula is C17H28N2O. The SMILES string of the molecule is CCC(N)C(c1ccc(C)cc1)N1CC(C)OCC1C. The van der Waals surface area contributed by atoms with Gasteiger partial charge in [0.2, 0.25) is 0 Å². The first kappa shape index (κ1) is 15.5. The first-order chi connectivity index (χ1) is 9.52. The highest BCUT2D eigenvalue weighted by atomic mass is 16.5. The van der Waals surface area contributed by atoms with Crippen LogP contribution in [0.5, 0.6) is 0 Å². The normalized spacial score (nSPS) is 27.2. The van der Waals surface area contributed by atoms with Gasteiger partial charge in [0.05, 0.1) is 18.8 Å². The largest absolute Gasteiger partial charge is 0.376 e. The van der Waals surface area contributed by atoms with E-state index in [1.54, 1.807) is 0 Å². The van der Waals surface area contributed by atoms with E-state index in [4.69, 9.17) is 10.5 Å². The molecule has 1 aromatic carbocycles. The zero-order chi connectivity index (χ0) is 14.7. The summed E-state index contributed by atoms with van der Waals surface area (Å²) in [4.78, 5) is 2.52. The van der Waals surface area contributed by atoms with Crippen molar-refractivity contribution in [2.24, 2.45) is 5.73 Å². The summed E-state index contributed by atoms with van der Waals surface area (Å²) in [7, 11) is 0. The molecule has 1 aromatic rings. The van der Waals surface area contributed by atoms with Crippen molar-refractivity contribution in [3.05, 3.63) is 35.4 Å². The van der Waals surface area contributed by atoms with E-state index < -0.39 is 0 Å². The van der Waals surface area contributed by atoms with Crippen LogP contribution in [0.15, 0.2) is 24.3 Å². The summed E-state index contributed by atoms with van der Waals surface area (Å²) in [5.74, 6) is 0. The molecule has 1 fully saturated rings. The third-order valence-corrected chi connectivity index (χ3v) is 4.31. The van der Waals surface area contributed by atoms with Crippen LogP contribution < -0.4 is 5.73 Å². The lowest BCUT2D eigenvalue weighted by Gasteiger charge is -2.44. The summed E-state index contributed by atoms with van der Waals surface area (Å²) in [5, 5.41) is 0. The van der Waals surface area contributed by atoms with Crippen molar-refractivity contribution in [2.45, 2.75) is 58.3 Å². The van der Waals surface area contributed by atoms with Gasteiger partial charge in [0.1, 0.15) is 0 Å². The number of hydrogen-bond donors (Lipinski definition) is 1. The fraction of sp³-hybridized carbons (Fsp3) is 0.647. The number of aryl methyl sites for hydroxylation is 1.